The van der Waals surface area contributed by atoms with Gasteiger partial charge >= 0.3 is 11.9 Å². The molecule has 1 aromatic heterocycles. The van der Waals surface area contributed by atoms with Crippen LogP contribution >= 0.6 is 0 Å². The van der Waals surface area contributed by atoms with E-state index in [4.69, 9.17) is 23.4 Å². The van der Waals surface area contributed by atoms with Crippen molar-refractivity contribution in [2.24, 2.45) is 0 Å². The summed E-state index contributed by atoms with van der Waals surface area (Å²) in [6, 6.07) is 12.0. The number of esters is 2. The van der Waals surface area contributed by atoms with Crippen molar-refractivity contribution in [2.45, 2.75) is 6.92 Å². The second-order valence-corrected chi connectivity index (χ2v) is 5.85. The monoisotopic (exact) mass is 396 g/mol. The van der Waals surface area contributed by atoms with Gasteiger partial charge in [-0.15, -0.1) is 0 Å². The van der Waals surface area contributed by atoms with E-state index in [1.165, 1.54) is 25.5 Å². The molecular formula is C22H20O7. The van der Waals surface area contributed by atoms with Crippen molar-refractivity contribution in [3.63, 3.8) is 0 Å². The molecule has 0 unspecified atom stereocenters. The highest BCUT2D eigenvalue weighted by Crippen LogP contribution is 2.41. The van der Waals surface area contributed by atoms with Crippen molar-refractivity contribution in [3.8, 4) is 11.5 Å². The van der Waals surface area contributed by atoms with Crippen molar-refractivity contribution >= 4 is 29.0 Å². The van der Waals surface area contributed by atoms with Gasteiger partial charge in [0.2, 0.25) is 5.75 Å². The predicted molar refractivity (Wildman–Crippen MR) is 106 cm³/mol. The summed E-state index contributed by atoms with van der Waals surface area (Å²) in [6.45, 7) is 1.88. The van der Waals surface area contributed by atoms with E-state index in [1.54, 1.807) is 49.4 Å². The van der Waals surface area contributed by atoms with Gasteiger partial charge in [-0.05, 0) is 37.3 Å². The molecule has 0 aliphatic rings. The van der Waals surface area contributed by atoms with Gasteiger partial charge in [-0.3, -0.25) is 0 Å². The molecule has 0 saturated carbocycles. The average molecular weight is 396 g/mol. The zero-order chi connectivity index (χ0) is 20.6. The molecule has 0 fully saturated rings. The minimum Gasteiger partial charge on any atom is -0.463 e. The largest absolute Gasteiger partial charge is 0.463 e. The second-order valence-electron chi connectivity index (χ2n) is 5.85. The van der Waals surface area contributed by atoms with Gasteiger partial charge in [0.15, 0.2) is 18.1 Å². The van der Waals surface area contributed by atoms with Gasteiger partial charge in [-0.25, -0.2) is 9.59 Å². The summed E-state index contributed by atoms with van der Waals surface area (Å²) in [5.41, 5.74) is 1.21. The Labute approximate surface area is 167 Å². The van der Waals surface area contributed by atoms with Gasteiger partial charge in [0, 0.05) is 24.1 Å². The van der Waals surface area contributed by atoms with Crippen molar-refractivity contribution in [1.29, 1.82) is 0 Å². The van der Waals surface area contributed by atoms with Crippen LogP contribution < -0.4 is 9.47 Å². The number of ether oxygens (including phenoxy) is 4. The Kier molecular flexibility index (Phi) is 6.65. The number of furan rings is 1. The van der Waals surface area contributed by atoms with Crippen molar-refractivity contribution in [2.75, 3.05) is 20.5 Å². The lowest BCUT2D eigenvalue weighted by Gasteiger charge is -2.14. The molecule has 0 bridgehead atoms. The van der Waals surface area contributed by atoms with E-state index in [-0.39, 0.29) is 24.9 Å². The maximum Gasteiger partial charge on any atom is 0.343 e. The summed E-state index contributed by atoms with van der Waals surface area (Å²) < 4.78 is 26.7. The van der Waals surface area contributed by atoms with Crippen LogP contribution in [0.3, 0.4) is 0 Å². The van der Waals surface area contributed by atoms with E-state index in [2.05, 4.69) is 0 Å². The standard InChI is InChI=1S/C22H20O7/c1-3-26-18(23)10-9-16-13-17-11-12-27-19(17)21(28-14-25-2)20(16)29-22(24)15-7-5-4-6-8-15/h4-13H,3,14H2,1-2H3/b10-9+. The van der Waals surface area contributed by atoms with E-state index in [1.807, 2.05) is 0 Å². The Morgan fingerprint density at radius 2 is 1.90 bits per heavy atom. The topological polar surface area (TPSA) is 84.2 Å². The molecule has 0 amide bonds. The Bertz CT molecular complexity index is 1020. The molecule has 7 heteroatoms. The van der Waals surface area contributed by atoms with Gasteiger partial charge in [0.25, 0.3) is 0 Å². The molecule has 3 rings (SSSR count). The molecule has 0 atom stereocenters. The zero-order valence-electron chi connectivity index (χ0n) is 16.0. The number of hydrogen-bond acceptors (Lipinski definition) is 7. The zero-order valence-corrected chi connectivity index (χ0v) is 16.0. The quantitative estimate of drug-likeness (QED) is 0.244. The molecule has 29 heavy (non-hydrogen) atoms. The summed E-state index contributed by atoms with van der Waals surface area (Å²) in [6.07, 6.45) is 4.24. The SMILES string of the molecule is CCOC(=O)/C=C/c1cc2ccoc2c(OCOC)c1OC(=O)c1ccccc1. The third-order valence-electron chi connectivity index (χ3n) is 3.89. The molecule has 3 aromatic rings. The van der Waals surface area contributed by atoms with Crippen molar-refractivity contribution < 1.29 is 33.0 Å². The van der Waals surface area contributed by atoms with Crippen LogP contribution in [-0.2, 0) is 14.3 Å². The van der Waals surface area contributed by atoms with Gasteiger partial charge in [-0.1, -0.05) is 18.2 Å². The molecule has 1 heterocycles. The van der Waals surface area contributed by atoms with Crippen LogP contribution in [0.4, 0.5) is 0 Å². The normalized spacial score (nSPS) is 11.0. The number of carbonyl (C=O) groups excluding carboxylic acids is 2. The predicted octanol–water partition coefficient (Wildman–Crippen LogP) is 4.21. The highest BCUT2D eigenvalue weighted by Gasteiger charge is 2.21. The molecule has 0 radical (unpaired) electrons. The Morgan fingerprint density at radius 1 is 1.10 bits per heavy atom. The summed E-state index contributed by atoms with van der Waals surface area (Å²) in [5.74, 6) is -0.787. The first-order chi connectivity index (χ1) is 14.1. The summed E-state index contributed by atoms with van der Waals surface area (Å²) in [4.78, 5) is 24.4. The first kappa shape index (κ1) is 20.2. The third-order valence-corrected chi connectivity index (χ3v) is 3.89. The molecule has 7 nitrogen and oxygen atoms in total. The molecule has 0 N–H and O–H groups in total. The average Bonchev–Trinajstić information content (AvgIpc) is 3.20. The van der Waals surface area contributed by atoms with Crippen LogP contribution in [0.1, 0.15) is 22.8 Å². The van der Waals surface area contributed by atoms with Crippen LogP contribution in [0.15, 0.2) is 59.2 Å². The lowest BCUT2D eigenvalue weighted by atomic mass is 10.1. The molecule has 0 aliphatic carbocycles. The number of hydrogen-bond donors (Lipinski definition) is 0. The van der Waals surface area contributed by atoms with Crippen LogP contribution in [0.25, 0.3) is 17.0 Å². The van der Waals surface area contributed by atoms with Crippen LogP contribution in [0.2, 0.25) is 0 Å². The first-order valence-corrected chi connectivity index (χ1v) is 8.92. The van der Waals surface area contributed by atoms with E-state index < -0.39 is 11.9 Å². The minimum atomic E-state index is -0.579. The van der Waals surface area contributed by atoms with Gasteiger partial charge in [0.05, 0.1) is 18.4 Å². The van der Waals surface area contributed by atoms with E-state index >= 15 is 0 Å². The van der Waals surface area contributed by atoms with Gasteiger partial charge < -0.3 is 23.4 Å². The lowest BCUT2D eigenvalue weighted by molar-refractivity contribution is -0.137. The van der Waals surface area contributed by atoms with Crippen LogP contribution in [-0.4, -0.2) is 32.4 Å². The van der Waals surface area contributed by atoms with Crippen molar-refractivity contribution in [3.05, 3.63) is 65.9 Å². The minimum absolute atomic E-state index is 0.0866. The molecule has 150 valence electrons. The second kappa shape index (κ2) is 9.57. The fraction of sp³-hybridized carbons (Fsp3) is 0.182. The molecular weight excluding hydrogens is 376 g/mol. The molecule has 0 saturated heterocycles. The molecule has 2 aromatic carbocycles. The number of rotatable bonds is 8. The maximum atomic E-state index is 12.7. The van der Waals surface area contributed by atoms with Gasteiger partial charge in [-0.2, -0.15) is 0 Å². The highest BCUT2D eigenvalue weighted by atomic mass is 16.7. The third kappa shape index (κ3) is 4.83. The summed E-state index contributed by atoms with van der Waals surface area (Å²) in [7, 11) is 1.47. The summed E-state index contributed by atoms with van der Waals surface area (Å²) in [5, 5.41) is 0.708. The maximum absolute atomic E-state index is 12.7. The number of benzene rings is 2. The summed E-state index contributed by atoms with van der Waals surface area (Å²) >= 11 is 0. The van der Waals surface area contributed by atoms with E-state index in [0.717, 1.165) is 0 Å². The van der Waals surface area contributed by atoms with Gasteiger partial charge in [0.1, 0.15) is 0 Å². The van der Waals surface area contributed by atoms with Crippen LogP contribution in [0.5, 0.6) is 11.5 Å². The Hall–Kier alpha value is -3.58. The number of carbonyl (C=O) groups is 2. The smallest absolute Gasteiger partial charge is 0.343 e. The van der Waals surface area contributed by atoms with E-state index in [9.17, 15) is 9.59 Å². The highest BCUT2D eigenvalue weighted by molar-refractivity contribution is 5.97. The molecule has 0 aliphatic heterocycles. The number of fused-ring (bicyclic) bond motifs is 1. The Morgan fingerprint density at radius 3 is 2.62 bits per heavy atom. The lowest BCUT2D eigenvalue weighted by Crippen LogP contribution is -2.11. The number of methoxy groups -OCH3 is 1. The van der Waals surface area contributed by atoms with Crippen molar-refractivity contribution in [1.82, 2.24) is 0 Å². The Balaban J connectivity index is 2.07. The first-order valence-electron chi connectivity index (χ1n) is 8.92. The fourth-order valence-electron chi connectivity index (χ4n) is 2.64. The molecule has 0 spiro atoms. The van der Waals surface area contributed by atoms with E-state index in [0.29, 0.717) is 22.1 Å². The van der Waals surface area contributed by atoms with Crippen LogP contribution in [0, 0.1) is 0 Å². The fourth-order valence-corrected chi connectivity index (χ4v) is 2.64.